The number of para-hydroxylation sites is 1. The van der Waals surface area contributed by atoms with Gasteiger partial charge in [-0.05, 0) is 78.9 Å². The molecule has 0 saturated heterocycles. The molecule has 3 aromatic carbocycles. The molecule has 176 valence electrons. The predicted molar refractivity (Wildman–Crippen MR) is 137 cm³/mol. The van der Waals surface area contributed by atoms with Gasteiger partial charge in [-0.15, -0.1) is 0 Å². The van der Waals surface area contributed by atoms with Crippen LogP contribution in [0.3, 0.4) is 0 Å². The summed E-state index contributed by atoms with van der Waals surface area (Å²) in [4.78, 5) is 28.4. The van der Waals surface area contributed by atoms with E-state index in [0.29, 0.717) is 22.5 Å². The summed E-state index contributed by atoms with van der Waals surface area (Å²) >= 11 is 0. The van der Waals surface area contributed by atoms with Gasteiger partial charge in [0.25, 0.3) is 5.56 Å². The second-order valence-electron chi connectivity index (χ2n) is 8.84. The molecule has 0 fully saturated rings. The van der Waals surface area contributed by atoms with Crippen molar-refractivity contribution in [2.45, 2.75) is 19.9 Å². The van der Waals surface area contributed by atoms with Gasteiger partial charge >= 0.3 is 5.97 Å². The minimum absolute atomic E-state index is 0.148. The Balaban J connectivity index is 1.68. The molecule has 0 spiro atoms. The fourth-order valence-electron chi connectivity index (χ4n) is 4.65. The quantitative estimate of drug-likeness (QED) is 0.294. The molecule has 0 aliphatic heterocycles. The zero-order chi connectivity index (χ0) is 24.9. The van der Waals surface area contributed by atoms with Crippen molar-refractivity contribution < 1.29 is 14.3 Å². The number of fused-ring (bicyclic) bond motifs is 2. The molecule has 2 heterocycles. The molecule has 7 heteroatoms. The highest BCUT2D eigenvalue weighted by molar-refractivity contribution is 5.95. The Bertz CT molecular complexity index is 1680. The van der Waals surface area contributed by atoms with E-state index in [1.807, 2.05) is 38.1 Å². The number of carboxylic acids is 1. The van der Waals surface area contributed by atoms with Crippen molar-refractivity contribution in [3.63, 3.8) is 0 Å². The van der Waals surface area contributed by atoms with E-state index in [4.69, 9.17) is 0 Å². The number of aromatic carboxylic acids is 1. The van der Waals surface area contributed by atoms with Crippen molar-refractivity contribution in [2.24, 2.45) is 7.05 Å². The van der Waals surface area contributed by atoms with Crippen LogP contribution in [0.4, 0.5) is 10.1 Å². The molecule has 0 bridgehead atoms. The fraction of sp³-hybridized carbons (Fsp3) is 0.143. The molecular formula is C28H24FN3O3. The summed E-state index contributed by atoms with van der Waals surface area (Å²) in [5, 5.41) is 14.9. The van der Waals surface area contributed by atoms with Crippen molar-refractivity contribution >= 4 is 33.3 Å². The molecular weight excluding hydrogens is 445 g/mol. The van der Waals surface area contributed by atoms with Crippen LogP contribution in [0.25, 0.3) is 33.1 Å². The number of aromatic amines is 1. The maximum atomic E-state index is 13.7. The third-order valence-electron chi connectivity index (χ3n) is 6.39. The number of anilines is 1. The average molecular weight is 470 g/mol. The highest BCUT2D eigenvalue weighted by Crippen LogP contribution is 2.32. The van der Waals surface area contributed by atoms with Gasteiger partial charge in [-0.2, -0.15) is 0 Å². The number of hydrogen-bond donors (Lipinski definition) is 3. The number of nitrogens with zero attached hydrogens (tertiary/aromatic N) is 1. The summed E-state index contributed by atoms with van der Waals surface area (Å²) in [6, 6.07) is 18.6. The van der Waals surface area contributed by atoms with Crippen molar-refractivity contribution in [1.82, 2.24) is 9.55 Å². The Labute approximate surface area is 200 Å². The number of halogens is 1. The molecule has 35 heavy (non-hydrogen) atoms. The lowest BCUT2D eigenvalue weighted by Gasteiger charge is -2.21. The maximum absolute atomic E-state index is 13.7. The monoisotopic (exact) mass is 469 g/mol. The van der Waals surface area contributed by atoms with Crippen LogP contribution in [-0.2, 0) is 7.05 Å². The Morgan fingerprint density at radius 1 is 1.06 bits per heavy atom. The minimum atomic E-state index is -1.01. The number of benzene rings is 3. The zero-order valence-electron chi connectivity index (χ0n) is 19.5. The Morgan fingerprint density at radius 3 is 2.60 bits per heavy atom. The van der Waals surface area contributed by atoms with Gasteiger partial charge in [0, 0.05) is 35.1 Å². The van der Waals surface area contributed by atoms with Gasteiger partial charge in [-0.3, -0.25) is 4.79 Å². The average Bonchev–Trinajstić information content (AvgIpc) is 3.24. The normalized spacial score (nSPS) is 12.2. The highest BCUT2D eigenvalue weighted by atomic mass is 19.1. The van der Waals surface area contributed by atoms with E-state index >= 15 is 0 Å². The van der Waals surface area contributed by atoms with E-state index in [9.17, 15) is 19.1 Å². The van der Waals surface area contributed by atoms with Crippen LogP contribution in [0.1, 0.15) is 34.5 Å². The Hall–Kier alpha value is -4.39. The van der Waals surface area contributed by atoms with Crippen LogP contribution in [-0.4, -0.2) is 20.6 Å². The molecule has 3 N–H and O–H groups in total. The second kappa shape index (κ2) is 8.43. The van der Waals surface area contributed by atoms with E-state index in [1.54, 1.807) is 41.9 Å². The van der Waals surface area contributed by atoms with Crippen LogP contribution in [0.15, 0.2) is 71.5 Å². The van der Waals surface area contributed by atoms with Gasteiger partial charge in [0.05, 0.1) is 17.0 Å². The molecule has 1 atom stereocenters. The molecule has 0 amide bonds. The van der Waals surface area contributed by atoms with Gasteiger partial charge < -0.3 is 20.0 Å². The van der Waals surface area contributed by atoms with Gasteiger partial charge in [0.1, 0.15) is 5.82 Å². The van der Waals surface area contributed by atoms with E-state index in [1.165, 1.54) is 12.1 Å². The maximum Gasteiger partial charge on any atom is 0.337 e. The van der Waals surface area contributed by atoms with Crippen molar-refractivity contribution in [3.8, 4) is 11.4 Å². The molecule has 6 nitrogen and oxygen atoms in total. The van der Waals surface area contributed by atoms with Crippen LogP contribution in [0.2, 0.25) is 0 Å². The lowest BCUT2D eigenvalue weighted by molar-refractivity contribution is 0.0698. The van der Waals surface area contributed by atoms with Gasteiger partial charge in [0.15, 0.2) is 0 Å². The Morgan fingerprint density at radius 2 is 1.83 bits per heavy atom. The zero-order valence-corrected chi connectivity index (χ0v) is 19.5. The summed E-state index contributed by atoms with van der Waals surface area (Å²) in [6.07, 6.45) is 0. The summed E-state index contributed by atoms with van der Waals surface area (Å²) in [7, 11) is 1.72. The van der Waals surface area contributed by atoms with Gasteiger partial charge in [-0.1, -0.05) is 18.2 Å². The standard InChI is InChI=1S/C28H24FN3O3/c1-15-10-20(16(2)30-24-7-5-4-6-19(24)28(34)35)21-14-26(32(3)27(33)22(21)11-15)25-13-17-12-18(29)8-9-23(17)31-25/h4-14,16,30-31H,1-3H3,(H,34,35). The number of nitrogens with one attached hydrogen (secondary N) is 2. The van der Waals surface area contributed by atoms with E-state index in [2.05, 4.69) is 10.3 Å². The summed E-state index contributed by atoms with van der Waals surface area (Å²) in [5.74, 6) is -1.34. The topological polar surface area (TPSA) is 87.1 Å². The van der Waals surface area contributed by atoms with Crippen molar-refractivity contribution in [2.75, 3.05) is 5.32 Å². The highest BCUT2D eigenvalue weighted by Gasteiger charge is 2.18. The lowest BCUT2D eigenvalue weighted by atomic mass is 9.96. The summed E-state index contributed by atoms with van der Waals surface area (Å²) in [5.41, 5.74) is 4.49. The molecule has 0 aliphatic carbocycles. The second-order valence-corrected chi connectivity index (χ2v) is 8.84. The number of pyridine rings is 1. The summed E-state index contributed by atoms with van der Waals surface area (Å²) < 4.78 is 15.3. The molecule has 2 aromatic heterocycles. The summed E-state index contributed by atoms with van der Waals surface area (Å²) in [6.45, 7) is 3.87. The van der Waals surface area contributed by atoms with E-state index in [0.717, 1.165) is 27.4 Å². The number of aryl methyl sites for hydroxylation is 1. The number of H-pyrrole nitrogens is 1. The first-order chi connectivity index (χ1) is 16.7. The number of carboxylic acid groups (broad SMARTS) is 1. The first-order valence-electron chi connectivity index (χ1n) is 11.2. The largest absolute Gasteiger partial charge is 0.478 e. The number of carbonyl (C=O) groups is 1. The molecule has 0 radical (unpaired) electrons. The van der Waals surface area contributed by atoms with E-state index < -0.39 is 5.97 Å². The Kier molecular flexibility index (Phi) is 5.40. The van der Waals surface area contributed by atoms with Crippen LogP contribution >= 0.6 is 0 Å². The van der Waals surface area contributed by atoms with Gasteiger partial charge in [0.2, 0.25) is 0 Å². The van der Waals surface area contributed by atoms with Crippen LogP contribution in [0.5, 0.6) is 0 Å². The van der Waals surface area contributed by atoms with Crippen molar-refractivity contribution in [1.29, 1.82) is 0 Å². The smallest absolute Gasteiger partial charge is 0.337 e. The number of aromatic nitrogens is 2. The molecule has 5 aromatic rings. The SMILES string of the molecule is Cc1cc(C(C)Nc2ccccc2C(=O)O)c2cc(-c3cc4cc(F)ccc4[nH]3)n(C)c(=O)c2c1. The molecule has 0 saturated carbocycles. The lowest BCUT2D eigenvalue weighted by Crippen LogP contribution is -2.20. The fourth-order valence-corrected chi connectivity index (χ4v) is 4.65. The third-order valence-corrected chi connectivity index (χ3v) is 6.39. The number of rotatable bonds is 5. The molecule has 5 rings (SSSR count). The van der Waals surface area contributed by atoms with Gasteiger partial charge in [-0.25, -0.2) is 9.18 Å². The van der Waals surface area contributed by atoms with Crippen LogP contribution in [0, 0.1) is 12.7 Å². The molecule has 1 unspecified atom stereocenters. The number of hydrogen-bond acceptors (Lipinski definition) is 3. The minimum Gasteiger partial charge on any atom is -0.478 e. The van der Waals surface area contributed by atoms with Crippen LogP contribution < -0.4 is 10.9 Å². The predicted octanol–water partition coefficient (Wildman–Crippen LogP) is 6.01. The molecule has 0 aliphatic rings. The first kappa shape index (κ1) is 22.4. The van der Waals surface area contributed by atoms with E-state index in [-0.39, 0.29) is 23.0 Å². The van der Waals surface area contributed by atoms with Crippen molar-refractivity contribution in [3.05, 3.63) is 99.6 Å². The first-order valence-corrected chi connectivity index (χ1v) is 11.2. The third kappa shape index (κ3) is 3.95.